The minimum Gasteiger partial charge on any atom is -0.295 e. The van der Waals surface area contributed by atoms with Gasteiger partial charge in [-0.3, -0.25) is 15.0 Å². The second-order valence-corrected chi connectivity index (χ2v) is 6.43. The number of nitro benzene ring substituents is 1. The topological polar surface area (TPSA) is 59.3 Å². The summed E-state index contributed by atoms with van der Waals surface area (Å²) in [5.74, 6) is 0. The summed E-state index contributed by atoms with van der Waals surface area (Å²) in [5.41, 5.74) is 2.79. The molecule has 1 unspecified atom stereocenters. The van der Waals surface area contributed by atoms with Crippen molar-refractivity contribution < 1.29 is 4.92 Å². The molecule has 0 fully saturated rings. The average Bonchev–Trinajstić information content (AvgIpc) is 2.61. The molecule has 1 atom stereocenters. The summed E-state index contributed by atoms with van der Waals surface area (Å²) in [5, 5.41) is 12.5. The Morgan fingerprint density at radius 1 is 1.20 bits per heavy atom. The van der Waals surface area contributed by atoms with Crippen molar-refractivity contribution in [1.29, 1.82) is 0 Å². The summed E-state index contributed by atoms with van der Waals surface area (Å²) in [6.07, 6.45) is 0. The number of nitrogens with zero attached hydrogens (tertiary/aromatic N) is 3. The lowest BCUT2D eigenvalue weighted by Crippen LogP contribution is -2.22. The highest BCUT2D eigenvalue weighted by atomic mass is 35.5. The second kappa shape index (κ2) is 7.17. The van der Waals surface area contributed by atoms with Crippen LogP contribution in [-0.2, 0) is 6.54 Å². The highest BCUT2D eigenvalue weighted by Crippen LogP contribution is 2.27. The molecule has 0 aliphatic rings. The average molecular weight is 356 g/mol. The Morgan fingerprint density at radius 3 is 2.72 bits per heavy atom. The summed E-state index contributed by atoms with van der Waals surface area (Å²) in [4.78, 5) is 17.1. The number of hydrogen-bond acceptors (Lipinski definition) is 4. The first-order valence-electron chi connectivity index (χ1n) is 7.94. The number of para-hydroxylation sites is 1. The van der Waals surface area contributed by atoms with Crippen molar-refractivity contribution in [2.45, 2.75) is 19.5 Å². The number of benzene rings is 2. The highest BCUT2D eigenvalue weighted by molar-refractivity contribution is 6.30. The predicted octanol–water partition coefficient (Wildman–Crippen LogP) is 4.99. The van der Waals surface area contributed by atoms with Gasteiger partial charge in [-0.05, 0) is 31.7 Å². The van der Waals surface area contributed by atoms with Gasteiger partial charge in [-0.25, -0.2) is 4.98 Å². The van der Waals surface area contributed by atoms with E-state index in [-0.39, 0.29) is 16.7 Å². The number of fused-ring (bicyclic) bond motifs is 1. The number of aromatic nitrogens is 1. The summed E-state index contributed by atoms with van der Waals surface area (Å²) in [6, 6.07) is 16.6. The molecule has 0 saturated heterocycles. The maximum atomic E-state index is 11.0. The lowest BCUT2D eigenvalue weighted by Gasteiger charge is -2.25. The molecule has 25 heavy (non-hydrogen) atoms. The first-order chi connectivity index (χ1) is 12.0. The maximum Gasteiger partial charge on any atom is 0.269 e. The Morgan fingerprint density at radius 2 is 1.96 bits per heavy atom. The van der Waals surface area contributed by atoms with Crippen LogP contribution in [0.3, 0.4) is 0 Å². The van der Waals surface area contributed by atoms with Crippen LogP contribution in [0, 0.1) is 10.1 Å². The summed E-state index contributed by atoms with van der Waals surface area (Å²) >= 11 is 6.34. The third-order valence-corrected chi connectivity index (χ3v) is 4.72. The molecule has 3 aromatic rings. The molecule has 1 aromatic heterocycles. The van der Waals surface area contributed by atoms with E-state index in [2.05, 4.69) is 9.88 Å². The summed E-state index contributed by atoms with van der Waals surface area (Å²) in [6.45, 7) is 2.61. The molecule has 0 saturated carbocycles. The fourth-order valence-corrected chi connectivity index (χ4v) is 3.01. The molecule has 0 spiro atoms. The molecule has 0 amide bonds. The second-order valence-electron chi connectivity index (χ2n) is 6.07. The van der Waals surface area contributed by atoms with E-state index in [0.29, 0.717) is 11.7 Å². The van der Waals surface area contributed by atoms with E-state index in [4.69, 9.17) is 11.6 Å². The van der Waals surface area contributed by atoms with Crippen molar-refractivity contribution >= 4 is 28.2 Å². The van der Waals surface area contributed by atoms with Crippen LogP contribution in [0.5, 0.6) is 0 Å². The van der Waals surface area contributed by atoms with Crippen LogP contribution in [0.15, 0.2) is 54.6 Å². The molecule has 3 rings (SSSR count). The van der Waals surface area contributed by atoms with Gasteiger partial charge < -0.3 is 0 Å². The van der Waals surface area contributed by atoms with Gasteiger partial charge in [0, 0.05) is 35.7 Å². The molecule has 2 aromatic carbocycles. The van der Waals surface area contributed by atoms with Gasteiger partial charge in [0.15, 0.2) is 0 Å². The monoisotopic (exact) mass is 355 g/mol. The molecular weight excluding hydrogens is 338 g/mol. The van der Waals surface area contributed by atoms with Gasteiger partial charge in [0.1, 0.15) is 5.15 Å². The molecule has 128 valence electrons. The summed E-state index contributed by atoms with van der Waals surface area (Å²) in [7, 11) is 1.97. The third kappa shape index (κ3) is 3.78. The van der Waals surface area contributed by atoms with Gasteiger partial charge >= 0.3 is 0 Å². The van der Waals surface area contributed by atoms with Crippen molar-refractivity contribution in [1.82, 2.24) is 9.88 Å². The lowest BCUT2D eigenvalue weighted by molar-refractivity contribution is -0.384. The van der Waals surface area contributed by atoms with Crippen LogP contribution >= 0.6 is 11.6 Å². The van der Waals surface area contributed by atoms with E-state index >= 15 is 0 Å². The normalized spacial score (nSPS) is 12.5. The Kier molecular flexibility index (Phi) is 4.97. The molecule has 6 heteroatoms. The highest BCUT2D eigenvalue weighted by Gasteiger charge is 2.17. The lowest BCUT2D eigenvalue weighted by atomic mass is 10.1. The Balaban J connectivity index is 1.84. The quantitative estimate of drug-likeness (QED) is 0.367. The zero-order chi connectivity index (χ0) is 18.0. The summed E-state index contributed by atoms with van der Waals surface area (Å²) < 4.78 is 0. The van der Waals surface area contributed by atoms with E-state index in [1.54, 1.807) is 12.1 Å². The van der Waals surface area contributed by atoms with Crippen molar-refractivity contribution in [3.63, 3.8) is 0 Å². The van der Waals surface area contributed by atoms with Gasteiger partial charge in [-0.15, -0.1) is 0 Å². The first-order valence-corrected chi connectivity index (χ1v) is 8.32. The zero-order valence-corrected chi connectivity index (χ0v) is 14.8. The zero-order valence-electron chi connectivity index (χ0n) is 14.0. The van der Waals surface area contributed by atoms with Gasteiger partial charge in [-0.1, -0.05) is 41.9 Å². The standard InChI is InChI=1S/C19H18ClN3O2/c1-13(14-7-5-8-17(11-14)23(24)25)22(2)12-16-10-15-6-3-4-9-18(15)21-19(16)20/h3-11,13H,12H2,1-2H3. The van der Waals surface area contributed by atoms with Crippen LogP contribution in [0.25, 0.3) is 10.9 Å². The molecule has 0 aliphatic carbocycles. The van der Waals surface area contributed by atoms with Gasteiger partial charge in [-0.2, -0.15) is 0 Å². The Labute approximate surface area is 151 Å². The van der Waals surface area contributed by atoms with E-state index in [0.717, 1.165) is 22.0 Å². The number of pyridine rings is 1. The van der Waals surface area contributed by atoms with E-state index in [1.807, 2.05) is 50.4 Å². The van der Waals surface area contributed by atoms with Crippen LogP contribution in [0.4, 0.5) is 5.69 Å². The van der Waals surface area contributed by atoms with Crippen molar-refractivity contribution in [2.75, 3.05) is 7.05 Å². The van der Waals surface area contributed by atoms with Gasteiger partial charge in [0.05, 0.1) is 10.4 Å². The molecule has 0 aliphatic heterocycles. The predicted molar refractivity (Wildman–Crippen MR) is 99.7 cm³/mol. The minimum absolute atomic E-state index is 0.00226. The van der Waals surface area contributed by atoms with E-state index in [1.165, 1.54) is 6.07 Å². The fraction of sp³-hybridized carbons (Fsp3) is 0.211. The molecular formula is C19H18ClN3O2. The van der Waals surface area contributed by atoms with E-state index < -0.39 is 0 Å². The van der Waals surface area contributed by atoms with Crippen molar-refractivity contribution in [3.8, 4) is 0 Å². The number of non-ortho nitro benzene ring substituents is 1. The largest absolute Gasteiger partial charge is 0.295 e. The number of halogens is 1. The Hall–Kier alpha value is -2.50. The van der Waals surface area contributed by atoms with E-state index in [9.17, 15) is 10.1 Å². The van der Waals surface area contributed by atoms with Crippen LogP contribution in [0.2, 0.25) is 5.15 Å². The molecule has 0 bridgehead atoms. The molecule has 0 radical (unpaired) electrons. The van der Waals surface area contributed by atoms with Crippen LogP contribution in [0.1, 0.15) is 24.1 Å². The number of hydrogen-bond donors (Lipinski definition) is 0. The Bertz CT molecular complexity index is 929. The smallest absolute Gasteiger partial charge is 0.269 e. The third-order valence-electron chi connectivity index (χ3n) is 4.39. The molecule has 1 heterocycles. The first kappa shape index (κ1) is 17.3. The fourth-order valence-electron chi connectivity index (χ4n) is 2.81. The molecule has 5 nitrogen and oxygen atoms in total. The van der Waals surface area contributed by atoms with Gasteiger partial charge in [0.2, 0.25) is 0 Å². The number of rotatable bonds is 5. The van der Waals surface area contributed by atoms with Crippen LogP contribution in [-0.4, -0.2) is 21.9 Å². The minimum atomic E-state index is -0.375. The number of nitro groups is 1. The SMILES string of the molecule is CC(c1cccc([N+](=O)[O-])c1)N(C)Cc1cc2ccccc2nc1Cl. The maximum absolute atomic E-state index is 11.0. The van der Waals surface area contributed by atoms with Crippen LogP contribution < -0.4 is 0 Å². The molecule has 0 N–H and O–H groups in total. The van der Waals surface area contributed by atoms with Crippen molar-refractivity contribution in [3.05, 3.63) is 81.0 Å². The van der Waals surface area contributed by atoms with Crippen molar-refractivity contribution in [2.24, 2.45) is 0 Å². The van der Waals surface area contributed by atoms with Gasteiger partial charge in [0.25, 0.3) is 5.69 Å².